The summed E-state index contributed by atoms with van der Waals surface area (Å²) in [5, 5.41) is 0. The number of amides is 1. The first kappa shape index (κ1) is 15.0. The average molecular weight is 322 g/mol. The first-order valence-corrected chi connectivity index (χ1v) is 9.02. The lowest BCUT2D eigenvalue weighted by atomic mass is 10.1. The molecule has 2 aromatic heterocycles. The summed E-state index contributed by atoms with van der Waals surface area (Å²) in [6.07, 6.45) is 5.96. The van der Waals surface area contributed by atoms with Crippen LogP contribution in [0, 0.1) is 0 Å². The van der Waals surface area contributed by atoms with Crippen LogP contribution < -0.4 is 4.72 Å². The van der Waals surface area contributed by atoms with Gasteiger partial charge < -0.3 is 9.30 Å². The van der Waals surface area contributed by atoms with Crippen molar-refractivity contribution in [1.82, 2.24) is 19.0 Å². The minimum Gasteiger partial charge on any atom is -0.337 e. The molecule has 0 saturated carbocycles. The molecule has 1 fully saturated rings. The van der Waals surface area contributed by atoms with E-state index in [0.29, 0.717) is 31.6 Å². The van der Waals surface area contributed by atoms with Crippen LogP contribution in [0.2, 0.25) is 0 Å². The smallest absolute Gasteiger partial charge is 0.274 e. The Bertz CT molecular complexity index is 758. The summed E-state index contributed by atoms with van der Waals surface area (Å²) >= 11 is 0. The van der Waals surface area contributed by atoms with E-state index in [4.69, 9.17) is 0 Å². The van der Waals surface area contributed by atoms with E-state index in [0.717, 1.165) is 11.9 Å². The Morgan fingerprint density at radius 1 is 1.32 bits per heavy atom. The van der Waals surface area contributed by atoms with Gasteiger partial charge in [0.25, 0.3) is 5.91 Å². The third-order valence-corrected chi connectivity index (χ3v) is 4.51. The van der Waals surface area contributed by atoms with Crippen LogP contribution in [0.1, 0.15) is 23.3 Å². The predicted molar refractivity (Wildman–Crippen MR) is 82.1 cm³/mol. The second-order valence-electron chi connectivity index (χ2n) is 5.55. The lowest BCUT2D eigenvalue weighted by molar-refractivity contribution is 0.0706. The number of pyridine rings is 1. The molecule has 1 N–H and O–H groups in total. The fourth-order valence-corrected chi connectivity index (χ4v) is 3.54. The van der Waals surface area contributed by atoms with Crippen LogP contribution in [0.25, 0.3) is 5.65 Å². The van der Waals surface area contributed by atoms with Gasteiger partial charge in [-0.2, -0.15) is 0 Å². The van der Waals surface area contributed by atoms with E-state index < -0.39 is 10.0 Å². The first-order chi connectivity index (χ1) is 10.4. The summed E-state index contributed by atoms with van der Waals surface area (Å²) in [6, 6.07) is 5.50. The molecule has 2 aromatic rings. The Labute approximate surface area is 129 Å². The normalized spacial score (nSPS) is 17.0. The highest BCUT2D eigenvalue weighted by atomic mass is 32.2. The summed E-state index contributed by atoms with van der Waals surface area (Å²) in [5.41, 5.74) is 1.15. The molecule has 0 radical (unpaired) electrons. The van der Waals surface area contributed by atoms with Crippen molar-refractivity contribution in [2.75, 3.05) is 19.3 Å². The average Bonchev–Trinajstić information content (AvgIpc) is 2.89. The minimum atomic E-state index is -3.20. The summed E-state index contributed by atoms with van der Waals surface area (Å²) < 4.78 is 26.9. The molecular formula is C14H18N4O3S. The zero-order chi connectivity index (χ0) is 15.7. The van der Waals surface area contributed by atoms with Crippen molar-refractivity contribution in [3.05, 3.63) is 36.3 Å². The highest BCUT2D eigenvalue weighted by Crippen LogP contribution is 2.15. The van der Waals surface area contributed by atoms with E-state index in [-0.39, 0.29) is 11.9 Å². The highest BCUT2D eigenvalue weighted by Gasteiger charge is 2.26. The second-order valence-corrected chi connectivity index (χ2v) is 7.33. The van der Waals surface area contributed by atoms with Crippen LogP contribution in [0.4, 0.5) is 0 Å². The third-order valence-electron chi connectivity index (χ3n) is 3.75. The van der Waals surface area contributed by atoms with E-state index >= 15 is 0 Å². The number of hydrogen-bond acceptors (Lipinski definition) is 4. The van der Waals surface area contributed by atoms with Gasteiger partial charge in [0.2, 0.25) is 10.0 Å². The summed E-state index contributed by atoms with van der Waals surface area (Å²) in [4.78, 5) is 18.5. The Morgan fingerprint density at radius 2 is 2.05 bits per heavy atom. The van der Waals surface area contributed by atoms with Gasteiger partial charge in [0.1, 0.15) is 11.3 Å². The molecule has 0 atom stereocenters. The molecule has 118 valence electrons. The first-order valence-electron chi connectivity index (χ1n) is 7.13. The van der Waals surface area contributed by atoms with E-state index in [1.807, 2.05) is 28.8 Å². The quantitative estimate of drug-likeness (QED) is 0.891. The molecule has 0 spiro atoms. The van der Waals surface area contributed by atoms with Crippen molar-refractivity contribution < 1.29 is 13.2 Å². The zero-order valence-corrected chi connectivity index (χ0v) is 13.1. The van der Waals surface area contributed by atoms with Gasteiger partial charge in [-0.25, -0.2) is 18.1 Å². The van der Waals surface area contributed by atoms with Gasteiger partial charge >= 0.3 is 0 Å². The van der Waals surface area contributed by atoms with Crippen LogP contribution in [-0.4, -0.2) is 54.0 Å². The van der Waals surface area contributed by atoms with Crippen molar-refractivity contribution in [3.8, 4) is 0 Å². The maximum absolute atomic E-state index is 12.5. The number of imidazole rings is 1. The molecule has 0 aromatic carbocycles. The fourth-order valence-electron chi connectivity index (χ4n) is 2.70. The number of hydrogen-bond donors (Lipinski definition) is 1. The minimum absolute atomic E-state index is 0.0971. The van der Waals surface area contributed by atoms with Crippen molar-refractivity contribution in [2.24, 2.45) is 0 Å². The molecule has 1 saturated heterocycles. The van der Waals surface area contributed by atoms with Gasteiger partial charge in [-0.05, 0) is 25.0 Å². The lowest BCUT2D eigenvalue weighted by Crippen LogP contribution is -2.46. The van der Waals surface area contributed by atoms with Gasteiger partial charge in [0, 0.05) is 31.5 Å². The number of likely N-dealkylation sites (tertiary alicyclic amines) is 1. The van der Waals surface area contributed by atoms with Crippen molar-refractivity contribution in [3.63, 3.8) is 0 Å². The van der Waals surface area contributed by atoms with Crippen LogP contribution >= 0.6 is 0 Å². The maximum atomic E-state index is 12.5. The summed E-state index contributed by atoms with van der Waals surface area (Å²) in [5.74, 6) is -0.110. The summed E-state index contributed by atoms with van der Waals surface area (Å²) in [6.45, 7) is 1.06. The Morgan fingerprint density at radius 3 is 2.68 bits per heavy atom. The monoisotopic (exact) mass is 322 g/mol. The number of sulfonamides is 1. The summed E-state index contributed by atoms with van der Waals surface area (Å²) in [7, 11) is -3.20. The molecule has 0 aliphatic carbocycles. The SMILES string of the molecule is CS(=O)(=O)NC1CCN(C(=O)c2cn3ccccc3n2)CC1. The molecule has 3 heterocycles. The molecule has 1 aliphatic heterocycles. The van der Waals surface area contributed by atoms with Crippen molar-refractivity contribution >= 4 is 21.6 Å². The van der Waals surface area contributed by atoms with E-state index in [1.165, 1.54) is 0 Å². The molecule has 1 amide bonds. The van der Waals surface area contributed by atoms with Crippen molar-refractivity contribution in [1.29, 1.82) is 0 Å². The molecule has 0 bridgehead atoms. The van der Waals surface area contributed by atoms with E-state index in [9.17, 15) is 13.2 Å². The molecular weight excluding hydrogens is 304 g/mol. The number of piperidine rings is 1. The highest BCUT2D eigenvalue weighted by molar-refractivity contribution is 7.88. The van der Waals surface area contributed by atoms with E-state index in [1.54, 1.807) is 11.1 Å². The standard InChI is InChI=1S/C14H18N4O3S/c1-22(20,21)16-11-5-8-17(9-6-11)14(19)12-10-18-7-3-2-4-13(18)15-12/h2-4,7,10-11,16H,5-6,8-9H2,1H3. The number of aromatic nitrogens is 2. The fraction of sp³-hybridized carbons (Fsp3) is 0.429. The number of nitrogens with zero attached hydrogens (tertiary/aromatic N) is 3. The largest absolute Gasteiger partial charge is 0.337 e. The number of fused-ring (bicyclic) bond motifs is 1. The molecule has 3 rings (SSSR count). The van der Waals surface area contributed by atoms with Gasteiger partial charge in [-0.1, -0.05) is 6.07 Å². The Hall–Kier alpha value is -1.93. The Kier molecular flexibility index (Phi) is 3.88. The lowest BCUT2D eigenvalue weighted by Gasteiger charge is -2.31. The van der Waals surface area contributed by atoms with E-state index in [2.05, 4.69) is 9.71 Å². The third kappa shape index (κ3) is 3.28. The van der Waals surface area contributed by atoms with Crippen LogP contribution in [0.3, 0.4) is 0 Å². The molecule has 7 nitrogen and oxygen atoms in total. The second kappa shape index (κ2) is 5.69. The zero-order valence-electron chi connectivity index (χ0n) is 12.3. The number of nitrogens with one attached hydrogen (secondary N) is 1. The van der Waals surface area contributed by atoms with Crippen molar-refractivity contribution in [2.45, 2.75) is 18.9 Å². The molecule has 1 aliphatic rings. The van der Waals surface area contributed by atoms with Gasteiger partial charge in [-0.15, -0.1) is 0 Å². The maximum Gasteiger partial charge on any atom is 0.274 e. The number of carbonyl (C=O) groups is 1. The number of carbonyl (C=O) groups excluding carboxylic acids is 1. The molecule has 8 heteroatoms. The molecule has 0 unspecified atom stereocenters. The van der Waals surface area contributed by atoms with Crippen LogP contribution in [0.15, 0.2) is 30.6 Å². The topological polar surface area (TPSA) is 83.8 Å². The predicted octanol–water partition coefficient (Wildman–Crippen LogP) is 0.488. The van der Waals surface area contributed by atoms with Gasteiger partial charge in [0.15, 0.2) is 0 Å². The van der Waals surface area contributed by atoms with Gasteiger partial charge in [-0.3, -0.25) is 4.79 Å². The van der Waals surface area contributed by atoms with Crippen LogP contribution in [0.5, 0.6) is 0 Å². The Balaban J connectivity index is 1.67. The van der Waals surface area contributed by atoms with Crippen LogP contribution in [-0.2, 0) is 10.0 Å². The van der Waals surface area contributed by atoms with Gasteiger partial charge in [0.05, 0.1) is 6.26 Å². The number of rotatable bonds is 3. The molecule has 22 heavy (non-hydrogen) atoms.